The lowest BCUT2D eigenvalue weighted by atomic mass is 9.74. The van der Waals surface area contributed by atoms with Crippen LogP contribution in [0.2, 0.25) is 0 Å². The molecule has 0 bridgehead atoms. The van der Waals surface area contributed by atoms with Gasteiger partial charge in [-0.05, 0) is 60.7 Å². The number of fused-ring (bicyclic) bond motifs is 3. The molecule has 0 saturated carbocycles. The van der Waals surface area contributed by atoms with Gasteiger partial charge in [-0.3, -0.25) is 4.31 Å². The minimum Gasteiger partial charge on any atom is -0.373 e. The first-order chi connectivity index (χ1) is 14.9. The Morgan fingerprint density at radius 3 is 2.55 bits per heavy atom. The molecule has 2 aliphatic rings. The Labute approximate surface area is 192 Å². The van der Waals surface area contributed by atoms with Gasteiger partial charge in [-0.25, -0.2) is 8.42 Å². The second kappa shape index (κ2) is 8.08. The fourth-order valence-electron chi connectivity index (χ4n) is 4.89. The minimum atomic E-state index is -3.69. The summed E-state index contributed by atoms with van der Waals surface area (Å²) in [6.07, 6.45) is 0.741. The molecule has 31 heavy (non-hydrogen) atoms. The first kappa shape index (κ1) is 20.7. The maximum Gasteiger partial charge on any atom is 0.264 e. The number of nitrogens with zero attached hydrogens (tertiary/aromatic N) is 1. The van der Waals surface area contributed by atoms with Gasteiger partial charge >= 0.3 is 0 Å². The van der Waals surface area contributed by atoms with Gasteiger partial charge in [0.1, 0.15) is 0 Å². The van der Waals surface area contributed by atoms with E-state index < -0.39 is 10.0 Å². The van der Waals surface area contributed by atoms with Crippen LogP contribution in [0.5, 0.6) is 0 Å². The van der Waals surface area contributed by atoms with Crippen LogP contribution in [0.1, 0.15) is 35.1 Å². The van der Waals surface area contributed by atoms with Crippen molar-refractivity contribution in [1.29, 1.82) is 0 Å². The van der Waals surface area contributed by atoms with E-state index >= 15 is 0 Å². The summed E-state index contributed by atoms with van der Waals surface area (Å²) in [6, 6.07) is 23.2. The predicted octanol–water partition coefficient (Wildman–Crippen LogP) is 5.83. The molecule has 3 aromatic rings. The SMILES string of the molecule is Cc1ccc(S(=O)(=O)N2C[C@H]3[C@@H](c4cccc(Br)c4)OCC[C@H]3c3ccccc32)cc1. The average Bonchev–Trinajstić information content (AvgIpc) is 2.78. The van der Waals surface area contributed by atoms with Crippen LogP contribution >= 0.6 is 15.9 Å². The number of halogens is 1. The molecular formula is C25H24BrNO3S. The zero-order chi connectivity index (χ0) is 21.6. The predicted molar refractivity (Wildman–Crippen MR) is 126 cm³/mol. The second-order valence-corrected chi connectivity index (χ2v) is 11.1. The molecule has 0 amide bonds. The van der Waals surface area contributed by atoms with E-state index in [2.05, 4.69) is 34.1 Å². The highest BCUT2D eigenvalue weighted by Crippen LogP contribution is 2.50. The third-order valence-electron chi connectivity index (χ3n) is 6.40. The number of aryl methyl sites for hydroxylation is 1. The van der Waals surface area contributed by atoms with E-state index in [4.69, 9.17) is 4.74 Å². The van der Waals surface area contributed by atoms with Crippen LogP contribution in [0.25, 0.3) is 0 Å². The van der Waals surface area contributed by atoms with Gasteiger partial charge in [0.05, 0.1) is 16.7 Å². The van der Waals surface area contributed by atoms with Gasteiger partial charge in [0.25, 0.3) is 10.0 Å². The van der Waals surface area contributed by atoms with Crippen LogP contribution in [0.4, 0.5) is 5.69 Å². The van der Waals surface area contributed by atoms with Crippen molar-refractivity contribution in [2.45, 2.75) is 30.3 Å². The smallest absolute Gasteiger partial charge is 0.264 e. The third kappa shape index (κ3) is 3.71. The van der Waals surface area contributed by atoms with Gasteiger partial charge in [0.2, 0.25) is 0 Å². The highest BCUT2D eigenvalue weighted by atomic mass is 79.9. The number of benzene rings is 3. The topological polar surface area (TPSA) is 46.6 Å². The Hall–Kier alpha value is -2.15. The van der Waals surface area contributed by atoms with Gasteiger partial charge in [-0.2, -0.15) is 0 Å². The normalized spacial score (nSPS) is 23.2. The zero-order valence-electron chi connectivity index (χ0n) is 17.2. The lowest BCUT2D eigenvalue weighted by molar-refractivity contribution is -0.0384. The standard InChI is InChI=1S/C25H24BrNO3S/c1-17-9-11-20(12-10-17)31(28,29)27-16-23-21(22-7-2-3-8-24(22)27)13-14-30-25(23)18-5-4-6-19(26)15-18/h2-12,15,21,23,25H,13-14,16H2,1H3/t21-,23+,25+/m0/s1. The molecule has 1 fully saturated rings. The molecule has 5 rings (SSSR count). The number of ether oxygens (including phenoxy) is 1. The highest BCUT2D eigenvalue weighted by Gasteiger charge is 2.44. The summed E-state index contributed by atoms with van der Waals surface area (Å²) in [7, 11) is -3.69. The van der Waals surface area contributed by atoms with Gasteiger partial charge in [0, 0.05) is 23.5 Å². The Bertz CT molecular complexity index is 1210. The van der Waals surface area contributed by atoms with Crippen molar-refractivity contribution in [2.24, 2.45) is 5.92 Å². The van der Waals surface area contributed by atoms with E-state index in [-0.39, 0.29) is 17.9 Å². The molecular weight excluding hydrogens is 474 g/mol. The van der Waals surface area contributed by atoms with Crippen molar-refractivity contribution in [2.75, 3.05) is 17.5 Å². The number of para-hydroxylation sites is 1. The van der Waals surface area contributed by atoms with Gasteiger partial charge < -0.3 is 4.74 Å². The van der Waals surface area contributed by atoms with E-state index in [0.717, 1.165) is 33.3 Å². The lowest BCUT2D eigenvalue weighted by Crippen LogP contribution is -2.46. The van der Waals surface area contributed by atoms with E-state index in [1.165, 1.54) is 0 Å². The molecule has 160 valence electrons. The maximum absolute atomic E-state index is 13.7. The van der Waals surface area contributed by atoms with Crippen molar-refractivity contribution in [1.82, 2.24) is 0 Å². The molecule has 0 radical (unpaired) electrons. The summed E-state index contributed by atoms with van der Waals surface area (Å²) in [5, 5.41) is 0. The van der Waals surface area contributed by atoms with Crippen LogP contribution in [-0.2, 0) is 14.8 Å². The van der Waals surface area contributed by atoms with Gasteiger partial charge in [0.15, 0.2) is 0 Å². The molecule has 2 heterocycles. The molecule has 0 spiro atoms. The van der Waals surface area contributed by atoms with E-state index in [1.54, 1.807) is 16.4 Å². The second-order valence-electron chi connectivity index (χ2n) is 8.31. The number of anilines is 1. The molecule has 0 N–H and O–H groups in total. The van der Waals surface area contributed by atoms with Crippen molar-refractivity contribution < 1.29 is 13.2 Å². The Kier molecular flexibility index (Phi) is 5.40. The summed E-state index contributed by atoms with van der Waals surface area (Å²) < 4.78 is 36.3. The molecule has 4 nitrogen and oxygen atoms in total. The van der Waals surface area contributed by atoms with Crippen LogP contribution in [0.3, 0.4) is 0 Å². The van der Waals surface area contributed by atoms with Crippen LogP contribution in [0, 0.1) is 12.8 Å². The summed E-state index contributed by atoms with van der Waals surface area (Å²) in [4.78, 5) is 0.321. The number of hydrogen-bond donors (Lipinski definition) is 0. The van der Waals surface area contributed by atoms with Gasteiger partial charge in [-0.15, -0.1) is 0 Å². The quantitative estimate of drug-likeness (QED) is 0.457. The molecule has 2 aliphatic heterocycles. The summed E-state index contributed by atoms with van der Waals surface area (Å²) >= 11 is 3.56. The van der Waals surface area contributed by atoms with E-state index in [0.29, 0.717) is 18.0 Å². The summed E-state index contributed by atoms with van der Waals surface area (Å²) in [5.74, 6) is 0.302. The van der Waals surface area contributed by atoms with Crippen LogP contribution in [-0.4, -0.2) is 21.6 Å². The Morgan fingerprint density at radius 1 is 1.00 bits per heavy atom. The Morgan fingerprint density at radius 2 is 1.77 bits per heavy atom. The molecule has 0 aliphatic carbocycles. The largest absolute Gasteiger partial charge is 0.373 e. The van der Waals surface area contributed by atoms with E-state index in [1.807, 2.05) is 49.4 Å². The molecule has 0 unspecified atom stereocenters. The van der Waals surface area contributed by atoms with Crippen molar-refractivity contribution in [3.8, 4) is 0 Å². The molecule has 3 aromatic carbocycles. The fraction of sp³-hybridized carbons (Fsp3) is 0.280. The lowest BCUT2D eigenvalue weighted by Gasteiger charge is -2.46. The maximum atomic E-state index is 13.7. The molecule has 0 aromatic heterocycles. The highest BCUT2D eigenvalue weighted by molar-refractivity contribution is 9.10. The van der Waals surface area contributed by atoms with E-state index in [9.17, 15) is 8.42 Å². The van der Waals surface area contributed by atoms with Crippen molar-refractivity contribution in [3.05, 3.63) is 94.0 Å². The zero-order valence-corrected chi connectivity index (χ0v) is 19.6. The monoisotopic (exact) mass is 497 g/mol. The van der Waals surface area contributed by atoms with Gasteiger partial charge in [-0.1, -0.05) is 64.0 Å². The van der Waals surface area contributed by atoms with Crippen molar-refractivity contribution >= 4 is 31.6 Å². The Balaban J connectivity index is 1.61. The molecule has 6 heteroatoms. The van der Waals surface area contributed by atoms with Crippen LogP contribution < -0.4 is 4.31 Å². The first-order valence-electron chi connectivity index (χ1n) is 10.5. The number of sulfonamides is 1. The number of rotatable bonds is 3. The number of hydrogen-bond acceptors (Lipinski definition) is 3. The third-order valence-corrected chi connectivity index (χ3v) is 8.69. The van der Waals surface area contributed by atoms with Crippen molar-refractivity contribution in [3.63, 3.8) is 0 Å². The first-order valence-corrected chi connectivity index (χ1v) is 12.7. The minimum absolute atomic E-state index is 0.0400. The summed E-state index contributed by atoms with van der Waals surface area (Å²) in [6.45, 7) is 3.02. The summed E-state index contributed by atoms with van der Waals surface area (Å²) in [5.41, 5.74) is 4.00. The fourth-order valence-corrected chi connectivity index (χ4v) is 6.83. The molecule has 3 atom stereocenters. The van der Waals surface area contributed by atoms with Crippen LogP contribution in [0.15, 0.2) is 82.2 Å². The molecule has 1 saturated heterocycles. The average molecular weight is 498 g/mol.